The largest absolute Gasteiger partial charge is 0.459 e. The van der Waals surface area contributed by atoms with Crippen molar-refractivity contribution in [2.75, 3.05) is 19.6 Å². The van der Waals surface area contributed by atoms with E-state index in [2.05, 4.69) is 9.97 Å². The average Bonchev–Trinajstić information content (AvgIpc) is 3.17. The molecule has 118 valence electrons. The molecule has 0 aromatic carbocycles. The van der Waals surface area contributed by atoms with Gasteiger partial charge in [-0.1, -0.05) is 0 Å². The van der Waals surface area contributed by atoms with E-state index in [0.717, 1.165) is 5.69 Å². The first-order valence-electron chi connectivity index (χ1n) is 7.56. The lowest BCUT2D eigenvalue weighted by molar-refractivity contribution is 0.0319. The highest BCUT2D eigenvalue weighted by Gasteiger charge is 2.49. The first-order chi connectivity index (χ1) is 11.1. The number of carbonyl (C=O) groups excluding carboxylic acids is 2. The molecule has 0 aliphatic carbocycles. The number of aryl methyl sites for hydroxylation is 1. The molecule has 2 aliphatic rings. The van der Waals surface area contributed by atoms with Gasteiger partial charge in [-0.2, -0.15) is 0 Å². The zero-order valence-corrected chi connectivity index (χ0v) is 12.7. The van der Waals surface area contributed by atoms with Crippen LogP contribution in [0.2, 0.25) is 0 Å². The topological polar surface area (TPSA) is 79.5 Å². The van der Waals surface area contributed by atoms with Gasteiger partial charge in [0, 0.05) is 31.7 Å². The first-order valence-corrected chi connectivity index (χ1v) is 7.56. The summed E-state index contributed by atoms with van der Waals surface area (Å²) in [7, 11) is 0. The molecule has 0 bridgehead atoms. The Morgan fingerprint density at radius 1 is 1.17 bits per heavy atom. The summed E-state index contributed by atoms with van der Waals surface area (Å²) in [4.78, 5) is 36.6. The zero-order chi connectivity index (χ0) is 16.0. The van der Waals surface area contributed by atoms with Gasteiger partial charge in [-0.15, -0.1) is 0 Å². The molecule has 2 saturated heterocycles. The normalized spacial score (nSPS) is 22.7. The minimum atomic E-state index is -0.119. The number of carbonyl (C=O) groups is 2. The van der Waals surface area contributed by atoms with Gasteiger partial charge in [0.05, 0.1) is 24.2 Å². The van der Waals surface area contributed by atoms with Crippen molar-refractivity contribution in [3.63, 3.8) is 0 Å². The van der Waals surface area contributed by atoms with E-state index in [1.54, 1.807) is 28.1 Å². The third-order valence-electron chi connectivity index (χ3n) is 4.52. The lowest BCUT2D eigenvalue weighted by Crippen LogP contribution is -2.58. The van der Waals surface area contributed by atoms with Crippen LogP contribution in [0.1, 0.15) is 26.7 Å². The second-order valence-electron chi connectivity index (χ2n) is 6.02. The minimum Gasteiger partial charge on any atom is -0.459 e. The monoisotopic (exact) mass is 312 g/mol. The van der Waals surface area contributed by atoms with Crippen molar-refractivity contribution in [2.24, 2.45) is 5.92 Å². The number of rotatable bonds is 2. The second-order valence-corrected chi connectivity index (χ2v) is 6.02. The molecule has 0 radical (unpaired) electrons. The van der Waals surface area contributed by atoms with Crippen LogP contribution < -0.4 is 0 Å². The number of amides is 2. The molecule has 7 nitrogen and oxygen atoms in total. The average molecular weight is 312 g/mol. The number of aromatic nitrogens is 2. The van der Waals surface area contributed by atoms with Crippen LogP contribution in [-0.4, -0.2) is 57.3 Å². The van der Waals surface area contributed by atoms with E-state index in [-0.39, 0.29) is 17.9 Å². The summed E-state index contributed by atoms with van der Waals surface area (Å²) in [5.41, 5.74) is 1.13. The molecule has 23 heavy (non-hydrogen) atoms. The van der Waals surface area contributed by atoms with E-state index in [4.69, 9.17) is 4.42 Å². The maximum Gasteiger partial charge on any atom is 0.289 e. The SMILES string of the molecule is Cc1cnc(C(=O)N2C[C@@H]3CN(C(=O)c4ccco4)C[C@@H]32)cn1. The molecule has 7 heteroatoms. The fraction of sp³-hybridized carbons (Fsp3) is 0.375. The van der Waals surface area contributed by atoms with Crippen molar-refractivity contribution in [3.05, 3.63) is 47.9 Å². The van der Waals surface area contributed by atoms with Crippen molar-refractivity contribution < 1.29 is 14.0 Å². The van der Waals surface area contributed by atoms with Crippen LogP contribution in [0, 0.1) is 12.8 Å². The smallest absolute Gasteiger partial charge is 0.289 e. The predicted molar refractivity (Wildman–Crippen MR) is 79.7 cm³/mol. The van der Waals surface area contributed by atoms with E-state index >= 15 is 0 Å². The summed E-state index contributed by atoms with van der Waals surface area (Å²) in [5.74, 6) is 0.433. The van der Waals surface area contributed by atoms with Crippen LogP contribution in [-0.2, 0) is 0 Å². The molecular formula is C16H16N4O3. The van der Waals surface area contributed by atoms with Crippen molar-refractivity contribution in [3.8, 4) is 0 Å². The Hall–Kier alpha value is -2.70. The third-order valence-corrected chi connectivity index (χ3v) is 4.52. The van der Waals surface area contributed by atoms with Gasteiger partial charge in [0.1, 0.15) is 5.69 Å². The molecule has 2 aromatic heterocycles. The van der Waals surface area contributed by atoms with Crippen molar-refractivity contribution >= 4 is 11.8 Å². The molecular weight excluding hydrogens is 296 g/mol. The quantitative estimate of drug-likeness (QED) is 0.825. The maximum absolute atomic E-state index is 12.5. The van der Waals surface area contributed by atoms with Crippen LogP contribution >= 0.6 is 0 Å². The molecule has 4 rings (SSSR count). The number of likely N-dealkylation sites (tertiary alicyclic amines) is 2. The van der Waals surface area contributed by atoms with Crippen LogP contribution in [0.15, 0.2) is 35.2 Å². The number of hydrogen-bond donors (Lipinski definition) is 0. The fourth-order valence-corrected chi connectivity index (χ4v) is 3.24. The zero-order valence-electron chi connectivity index (χ0n) is 12.7. The molecule has 0 unspecified atom stereocenters. The Morgan fingerprint density at radius 2 is 2.04 bits per heavy atom. The highest BCUT2D eigenvalue weighted by Crippen LogP contribution is 2.34. The molecule has 2 atom stereocenters. The Kier molecular flexibility index (Phi) is 3.14. The van der Waals surface area contributed by atoms with Gasteiger partial charge < -0.3 is 14.2 Å². The van der Waals surface area contributed by atoms with Gasteiger partial charge in [0.15, 0.2) is 5.76 Å². The third kappa shape index (κ3) is 2.28. The lowest BCUT2D eigenvalue weighted by atomic mass is 9.91. The van der Waals surface area contributed by atoms with Crippen LogP contribution in [0.4, 0.5) is 0 Å². The number of furan rings is 1. The van der Waals surface area contributed by atoms with Crippen LogP contribution in [0.5, 0.6) is 0 Å². The van der Waals surface area contributed by atoms with Gasteiger partial charge in [-0.25, -0.2) is 4.98 Å². The molecule has 0 saturated carbocycles. The van der Waals surface area contributed by atoms with E-state index in [1.165, 1.54) is 12.5 Å². The first kappa shape index (κ1) is 13.9. The summed E-state index contributed by atoms with van der Waals surface area (Å²) in [6.07, 6.45) is 4.58. The Balaban J connectivity index is 1.45. The van der Waals surface area contributed by atoms with Crippen LogP contribution in [0.25, 0.3) is 0 Å². The van der Waals surface area contributed by atoms with E-state index in [9.17, 15) is 9.59 Å². The number of hydrogen-bond acceptors (Lipinski definition) is 5. The summed E-state index contributed by atoms with van der Waals surface area (Å²) < 4.78 is 5.16. The molecule has 2 fully saturated rings. The molecule has 4 heterocycles. The maximum atomic E-state index is 12.5. The molecule has 0 spiro atoms. The van der Waals surface area contributed by atoms with Crippen molar-refractivity contribution in [1.82, 2.24) is 19.8 Å². The molecule has 2 amide bonds. The molecule has 2 aliphatic heterocycles. The van der Waals surface area contributed by atoms with E-state index in [1.807, 2.05) is 6.92 Å². The number of nitrogens with zero attached hydrogens (tertiary/aromatic N) is 4. The van der Waals surface area contributed by atoms with Gasteiger partial charge in [-0.05, 0) is 19.1 Å². The Bertz CT molecular complexity index is 741. The minimum absolute atomic E-state index is 0.0597. The van der Waals surface area contributed by atoms with Gasteiger partial charge in [-0.3, -0.25) is 14.6 Å². The van der Waals surface area contributed by atoms with Gasteiger partial charge in [0.25, 0.3) is 11.8 Å². The lowest BCUT2D eigenvalue weighted by Gasteiger charge is -2.43. The van der Waals surface area contributed by atoms with Gasteiger partial charge in [0.2, 0.25) is 0 Å². The summed E-state index contributed by atoms with van der Waals surface area (Å²) in [5, 5.41) is 0. The standard InChI is InChI=1S/C16H16N4O3/c1-10-5-18-12(6-17-10)15(21)20-8-11-7-19(9-13(11)20)16(22)14-3-2-4-23-14/h2-6,11,13H,7-9H2,1H3/t11-,13-/m0/s1. The van der Waals surface area contributed by atoms with E-state index in [0.29, 0.717) is 37.0 Å². The van der Waals surface area contributed by atoms with Gasteiger partial charge >= 0.3 is 0 Å². The fourth-order valence-electron chi connectivity index (χ4n) is 3.24. The summed E-state index contributed by atoms with van der Waals surface area (Å²) in [6, 6.07) is 3.42. The Labute approximate surface area is 132 Å². The molecule has 0 N–H and O–H groups in total. The number of fused-ring (bicyclic) bond motifs is 1. The van der Waals surface area contributed by atoms with Crippen LogP contribution in [0.3, 0.4) is 0 Å². The van der Waals surface area contributed by atoms with Crippen molar-refractivity contribution in [2.45, 2.75) is 13.0 Å². The molecule has 2 aromatic rings. The summed E-state index contributed by atoms with van der Waals surface area (Å²) in [6.45, 7) is 3.68. The van der Waals surface area contributed by atoms with Crippen molar-refractivity contribution in [1.29, 1.82) is 0 Å². The summed E-state index contributed by atoms with van der Waals surface area (Å²) >= 11 is 0. The highest BCUT2D eigenvalue weighted by molar-refractivity contribution is 5.94. The Morgan fingerprint density at radius 3 is 2.74 bits per heavy atom. The van der Waals surface area contributed by atoms with E-state index < -0.39 is 0 Å². The predicted octanol–water partition coefficient (Wildman–Crippen LogP) is 0.975. The second kappa shape index (κ2) is 5.19. The highest BCUT2D eigenvalue weighted by atomic mass is 16.3.